The van der Waals surface area contributed by atoms with Crippen LogP contribution in [0.2, 0.25) is 0 Å². The Morgan fingerprint density at radius 3 is 1.96 bits per heavy atom. The zero-order valence-corrected chi connectivity index (χ0v) is 12.2. The third-order valence-electron chi connectivity index (χ3n) is 2.89. The van der Waals surface area contributed by atoms with E-state index in [4.69, 9.17) is 20.4 Å². The largest absolute Gasteiger partial charge is 0.481 e. The molecule has 0 saturated heterocycles. The molecule has 0 aliphatic heterocycles. The van der Waals surface area contributed by atoms with Gasteiger partial charge in [0, 0.05) is 0 Å². The summed E-state index contributed by atoms with van der Waals surface area (Å²) in [6.45, 7) is -2.09. The highest BCUT2D eigenvalue weighted by molar-refractivity contribution is 5.90. The van der Waals surface area contributed by atoms with Crippen LogP contribution >= 0.6 is 0 Å². The summed E-state index contributed by atoms with van der Waals surface area (Å²) in [7, 11) is 0. The van der Waals surface area contributed by atoms with E-state index in [1.165, 1.54) is 0 Å². The Hall–Kier alpha value is -2.12. The number of carboxylic acid groups (broad SMARTS) is 2. The highest BCUT2D eigenvalue weighted by Gasteiger charge is 2.41. The highest BCUT2D eigenvalue weighted by Crippen LogP contribution is 2.17. The van der Waals surface area contributed by atoms with Crippen LogP contribution in [-0.2, 0) is 23.9 Å². The quantitative estimate of drug-likeness (QED) is 0.176. The van der Waals surface area contributed by atoms with Crippen LogP contribution in [0.4, 0.5) is 0 Å². The van der Waals surface area contributed by atoms with Gasteiger partial charge in [0.2, 0.25) is 5.78 Å². The molecule has 0 aliphatic carbocycles. The number of aliphatic carboxylic acids is 2. The number of carbonyl (C=O) groups is 4. The predicted octanol–water partition coefficient (Wildman–Crippen LogP) is -4.15. The summed E-state index contributed by atoms with van der Waals surface area (Å²) < 4.78 is 4.30. The molecule has 7 N–H and O–H groups in total. The minimum absolute atomic E-state index is 0.952. The molecule has 0 aromatic heterocycles. The van der Waals surface area contributed by atoms with Crippen LogP contribution in [0.3, 0.4) is 0 Å². The molecule has 12 heteroatoms. The number of aliphatic hydroxyl groups excluding tert-OH is 4. The first kappa shape index (κ1) is 21.9. The number of carboxylic acids is 2. The maximum atomic E-state index is 11.4. The fourth-order valence-electron chi connectivity index (χ4n) is 1.50. The van der Waals surface area contributed by atoms with E-state index in [1.54, 1.807) is 0 Å². The summed E-state index contributed by atoms with van der Waals surface area (Å²) in [5, 5.41) is 63.1. The van der Waals surface area contributed by atoms with Gasteiger partial charge in [-0.25, -0.2) is 4.79 Å². The van der Waals surface area contributed by atoms with Gasteiger partial charge >= 0.3 is 17.9 Å². The molecule has 0 aromatic rings. The SMILES string of the molecule is O=C(O)CC(O)(CC(=O)OCC(=O)[C@@H](O)[C@H](O)[C@@H](O)CO)C(=O)O. The lowest BCUT2D eigenvalue weighted by Crippen LogP contribution is -2.46. The van der Waals surface area contributed by atoms with Gasteiger partial charge < -0.3 is 40.5 Å². The number of ketones is 1. The lowest BCUT2D eigenvalue weighted by Gasteiger charge is -2.21. The Morgan fingerprint density at radius 2 is 1.54 bits per heavy atom. The monoisotopic (exact) mass is 354 g/mol. The summed E-state index contributed by atoms with van der Waals surface area (Å²) in [4.78, 5) is 44.2. The van der Waals surface area contributed by atoms with Crippen molar-refractivity contribution in [2.75, 3.05) is 13.2 Å². The zero-order chi connectivity index (χ0) is 19.1. The molecule has 0 fully saturated rings. The van der Waals surface area contributed by atoms with E-state index in [0.717, 1.165) is 0 Å². The molecule has 0 radical (unpaired) electrons. The molecule has 0 spiro atoms. The van der Waals surface area contributed by atoms with Gasteiger partial charge in [0.05, 0.1) is 19.4 Å². The van der Waals surface area contributed by atoms with Crippen molar-refractivity contribution in [3.63, 3.8) is 0 Å². The standard InChI is InChI=1S/C12H18O12/c13-3-5(14)9(19)10(20)6(15)4-24-8(18)2-12(23,11(21)22)1-7(16)17/h5,9-10,13-14,19-20,23H,1-4H2,(H,16,17)(H,21,22)/t5-,9+,10+,12?/m0/s1. The van der Waals surface area contributed by atoms with Crippen LogP contribution in [0.25, 0.3) is 0 Å². The number of hydrogen-bond acceptors (Lipinski definition) is 10. The van der Waals surface area contributed by atoms with Crippen LogP contribution in [0.5, 0.6) is 0 Å². The molecule has 138 valence electrons. The lowest BCUT2D eigenvalue weighted by atomic mass is 9.96. The van der Waals surface area contributed by atoms with Crippen molar-refractivity contribution in [3.05, 3.63) is 0 Å². The van der Waals surface area contributed by atoms with Crippen molar-refractivity contribution in [1.82, 2.24) is 0 Å². The number of esters is 1. The summed E-state index contributed by atoms with van der Waals surface area (Å²) in [5.41, 5.74) is -2.95. The summed E-state index contributed by atoms with van der Waals surface area (Å²) in [6.07, 6.45) is -8.65. The first-order valence-corrected chi connectivity index (χ1v) is 6.45. The Bertz CT molecular complexity index is 488. The fourth-order valence-corrected chi connectivity index (χ4v) is 1.50. The average molecular weight is 354 g/mol. The first-order valence-electron chi connectivity index (χ1n) is 6.45. The van der Waals surface area contributed by atoms with E-state index in [1.807, 2.05) is 0 Å². The Labute approximate surface area is 134 Å². The van der Waals surface area contributed by atoms with Gasteiger partial charge in [-0.15, -0.1) is 0 Å². The van der Waals surface area contributed by atoms with E-state index in [2.05, 4.69) is 4.74 Å². The normalized spacial score (nSPS) is 17.2. The molecule has 12 nitrogen and oxygen atoms in total. The molecular weight excluding hydrogens is 336 g/mol. The second-order valence-electron chi connectivity index (χ2n) is 4.90. The minimum Gasteiger partial charge on any atom is -0.481 e. The number of ether oxygens (including phenoxy) is 1. The van der Waals surface area contributed by atoms with E-state index in [0.29, 0.717) is 0 Å². The van der Waals surface area contributed by atoms with Crippen molar-refractivity contribution < 1.29 is 59.7 Å². The summed E-state index contributed by atoms with van der Waals surface area (Å²) in [5.74, 6) is -6.41. The number of carbonyl (C=O) groups excluding carboxylic acids is 2. The molecular formula is C12H18O12. The zero-order valence-electron chi connectivity index (χ0n) is 12.2. The second kappa shape index (κ2) is 9.24. The number of aliphatic hydroxyl groups is 5. The fraction of sp³-hybridized carbons (Fsp3) is 0.667. The average Bonchev–Trinajstić information content (AvgIpc) is 2.49. The van der Waals surface area contributed by atoms with Crippen LogP contribution in [0.1, 0.15) is 12.8 Å². The van der Waals surface area contributed by atoms with Crippen molar-refractivity contribution in [1.29, 1.82) is 0 Å². The van der Waals surface area contributed by atoms with E-state index in [-0.39, 0.29) is 0 Å². The van der Waals surface area contributed by atoms with Crippen LogP contribution in [0, 0.1) is 0 Å². The van der Waals surface area contributed by atoms with Crippen molar-refractivity contribution in [2.24, 2.45) is 0 Å². The van der Waals surface area contributed by atoms with Gasteiger partial charge in [-0.3, -0.25) is 14.4 Å². The molecule has 0 rings (SSSR count). The van der Waals surface area contributed by atoms with Gasteiger partial charge in [-0.1, -0.05) is 0 Å². The summed E-state index contributed by atoms with van der Waals surface area (Å²) in [6, 6.07) is 0. The molecule has 0 aliphatic rings. The smallest absolute Gasteiger partial charge is 0.336 e. The molecule has 0 aromatic carbocycles. The van der Waals surface area contributed by atoms with Gasteiger partial charge in [-0.2, -0.15) is 0 Å². The van der Waals surface area contributed by atoms with Crippen LogP contribution in [0.15, 0.2) is 0 Å². The molecule has 4 atom stereocenters. The molecule has 1 unspecified atom stereocenters. The Balaban J connectivity index is 4.65. The van der Waals surface area contributed by atoms with E-state index < -0.39 is 73.7 Å². The van der Waals surface area contributed by atoms with Crippen molar-refractivity contribution in [3.8, 4) is 0 Å². The maximum absolute atomic E-state index is 11.4. The third-order valence-corrected chi connectivity index (χ3v) is 2.89. The molecule has 0 saturated carbocycles. The van der Waals surface area contributed by atoms with Crippen molar-refractivity contribution in [2.45, 2.75) is 36.8 Å². The highest BCUT2D eigenvalue weighted by atomic mass is 16.5. The Kier molecular flexibility index (Phi) is 8.43. The molecule has 0 amide bonds. The van der Waals surface area contributed by atoms with Crippen molar-refractivity contribution >= 4 is 23.7 Å². The van der Waals surface area contributed by atoms with Gasteiger partial charge in [0.15, 0.2) is 12.2 Å². The topological polar surface area (TPSA) is 219 Å². The number of rotatable bonds is 11. The van der Waals surface area contributed by atoms with Gasteiger partial charge in [0.25, 0.3) is 0 Å². The van der Waals surface area contributed by atoms with Gasteiger partial charge in [-0.05, 0) is 0 Å². The number of hydrogen-bond donors (Lipinski definition) is 7. The molecule has 0 bridgehead atoms. The van der Waals surface area contributed by atoms with E-state index in [9.17, 15) is 34.5 Å². The summed E-state index contributed by atoms with van der Waals surface area (Å²) >= 11 is 0. The third kappa shape index (κ3) is 6.55. The van der Waals surface area contributed by atoms with E-state index >= 15 is 0 Å². The Morgan fingerprint density at radius 1 is 1.00 bits per heavy atom. The van der Waals surface area contributed by atoms with Gasteiger partial charge in [0.1, 0.15) is 18.3 Å². The lowest BCUT2D eigenvalue weighted by molar-refractivity contribution is -0.173. The maximum Gasteiger partial charge on any atom is 0.336 e. The predicted molar refractivity (Wildman–Crippen MR) is 70.5 cm³/mol. The number of Topliss-reactive ketones (excluding diaryl/α,β-unsaturated/α-hetero) is 1. The van der Waals surface area contributed by atoms with Crippen LogP contribution in [-0.4, -0.2) is 96.6 Å². The molecule has 24 heavy (non-hydrogen) atoms. The van der Waals surface area contributed by atoms with Crippen LogP contribution < -0.4 is 0 Å². The second-order valence-corrected chi connectivity index (χ2v) is 4.90. The first-order chi connectivity index (χ1) is 10.9. The minimum atomic E-state index is -2.95. The molecule has 0 heterocycles.